The van der Waals surface area contributed by atoms with Crippen molar-refractivity contribution in [3.05, 3.63) is 72.3 Å². The Morgan fingerprint density at radius 2 is 2.03 bits per heavy atom. The maximum Gasteiger partial charge on any atom is 0.271 e. The van der Waals surface area contributed by atoms with Crippen LogP contribution in [0.25, 0.3) is 16.9 Å². The summed E-state index contributed by atoms with van der Waals surface area (Å²) in [5.41, 5.74) is 3.53. The minimum Gasteiger partial charge on any atom is -0.497 e. The summed E-state index contributed by atoms with van der Waals surface area (Å²) in [6.07, 6.45) is 4.93. The van der Waals surface area contributed by atoms with Gasteiger partial charge in [0, 0.05) is 30.9 Å². The number of pyridine rings is 1. The highest BCUT2D eigenvalue weighted by Gasteiger charge is 2.32. The molecule has 4 aromatic rings. The van der Waals surface area contributed by atoms with Crippen LogP contribution in [0.4, 0.5) is 0 Å². The Morgan fingerprint density at radius 3 is 2.74 bits per heavy atom. The number of amides is 1. The topological polar surface area (TPSA) is 108 Å². The molecule has 5 rings (SSSR count). The van der Waals surface area contributed by atoms with Gasteiger partial charge in [-0.25, -0.2) is 13.4 Å². The highest BCUT2D eigenvalue weighted by atomic mass is 32.2. The quantitative estimate of drug-likeness (QED) is 0.437. The fourth-order valence-electron chi connectivity index (χ4n) is 4.23. The molecule has 1 aliphatic rings. The third-order valence-corrected chi connectivity index (χ3v) is 7.74. The van der Waals surface area contributed by atoms with Crippen LogP contribution in [-0.4, -0.2) is 58.7 Å². The number of imidazole rings is 1. The third kappa shape index (κ3) is 4.54. The molecule has 1 aliphatic heterocycles. The number of fused-ring (bicyclic) bond motifs is 1. The number of nitrogens with one attached hydrogen (secondary N) is 1. The van der Waals surface area contributed by atoms with Crippen LogP contribution in [0, 0.1) is 0 Å². The highest BCUT2D eigenvalue weighted by molar-refractivity contribution is 7.91. The number of hydrogen-bond donors (Lipinski definition) is 1. The molecule has 0 unspecified atom stereocenters. The number of nitrogens with zero attached hydrogens (tertiary/aromatic N) is 4. The standard InChI is InChI=1S/C24H25N5O4S/c1-33-20-7-5-17(6-8-20)22-14-21(27-29(22)19-10-13-34(31,32)16-19)24(30)25-11-9-18-15-28-12-3-2-4-23(28)26-18/h2-8,12,14-15,19H,9-11,13,16H2,1H3,(H,25,30)/t19-/m0/s1. The van der Waals surface area contributed by atoms with Crippen LogP contribution < -0.4 is 10.1 Å². The van der Waals surface area contributed by atoms with E-state index in [0.717, 1.165) is 16.9 Å². The Morgan fingerprint density at radius 1 is 1.21 bits per heavy atom. The number of ether oxygens (including phenoxy) is 1. The van der Waals surface area contributed by atoms with Gasteiger partial charge in [0.25, 0.3) is 5.91 Å². The van der Waals surface area contributed by atoms with Crippen molar-refractivity contribution in [3.8, 4) is 17.0 Å². The van der Waals surface area contributed by atoms with Gasteiger partial charge in [0.1, 0.15) is 11.4 Å². The van der Waals surface area contributed by atoms with Crippen molar-refractivity contribution in [1.29, 1.82) is 0 Å². The summed E-state index contributed by atoms with van der Waals surface area (Å²) < 4.78 is 33.0. The third-order valence-electron chi connectivity index (χ3n) is 5.99. The molecule has 176 valence electrons. The monoisotopic (exact) mass is 479 g/mol. The van der Waals surface area contributed by atoms with Crippen molar-refractivity contribution >= 4 is 21.4 Å². The van der Waals surface area contributed by atoms with Crippen LogP contribution in [0.15, 0.2) is 60.9 Å². The number of aromatic nitrogens is 4. The van der Waals surface area contributed by atoms with Crippen molar-refractivity contribution in [1.82, 2.24) is 24.5 Å². The molecule has 0 spiro atoms. The lowest BCUT2D eigenvalue weighted by Crippen LogP contribution is -2.26. The minimum absolute atomic E-state index is 0.0206. The van der Waals surface area contributed by atoms with E-state index < -0.39 is 9.84 Å². The summed E-state index contributed by atoms with van der Waals surface area (Å²) in [6.45, 7) is 0.408. The second-order valence-electron chi connectivity index (χ2n) is 8.35. The first-order valence-electron chi connectivity index (χ1n) is 11.1. The highest BCUT2D eigenvalue weighted by Crippen LogP contribution is 2.31. The molecule has 4 heterocycles. The molecule has 1 saturated heterocycles. The molecule has 10 heteroatoms. The molecule has 1 fully saturated rings. The van der Waals surface area contributed by atoms with E-state index in [1.54, 1.807) is 17.9 Å². The molecule has 1 aromatic carbocycles. The lowest BCUT2D eigenvalue weighted by molar-refractivity contribution is 0.0948. The molecule has 0 saturated carbocycles. The van der Waals surface area contributed by atoms with E-state index in [0.29, 0.717) is 30.8 Å². The molecular formula is C24H25N5O4S. The van der Waals surface area contributed by atoms with Crippen LogP contribution in [0.5, 0.6) is 5.75 Å². The maximum atomic E-state index is 12.9. The zero-order chi connectivity index (χ0) is 23.7. The predicted molar refractivity (Wildman–Crippen MR) is 128 cm³/mol. The molecule has 34 heavy (non-hydrogen) atoms. The fourth-order valence-corrected chi connectivity index (χ4v) is 5.92. The van der Waals surface area contributed by atoms with Gasteiger partial charge in [0.2, 0.25) is 0 Å². The van der Waals surface area contributed by atoms with Gasteiger partial charge in [-0.1, -0.05) is 6.07 Å². The smallest absolute Gasteiger partial charge is 0.271 e. The van der Waals surface area contributed by atoms with Gasteiger partial charge >= 0.3 is 0 Å². The van der Waals surface area contributed by atoms with Crippen LogP contribution >= 0.6 is 0 Å². The number of carbonyl (C=O) groups is 1. The average Bonchev–Trinajstić information content (AvgIpc) is 3.55. The van der Waals surface area contributed by atoms with Gasteiger partial charge in [-0.3, -0.25) is 9.48 Å². The summed E-state index contributed by atoms with van der Waals surface area (Å²) in [5, 5.41) is 7.43. The number of benzene rings is 1. The summed E-state index contributed by atoms with van der Waals surface area (Å²) in [6, 6.07) is 14.6. The zero-order valence-electron chi connectivity index (χ0n) is 18.7. The van der Waals surface area contributed by atoms with Gasteiger partial charge in [-0.15, -0.1) is 0 Å². The van der Waals surface area contributed by atoms with E-state index >= 15 is 0 Å². The van der Waals surface area contributed by atoms with Gasteiger partial charge in [0.15, 0.2) is 15.5 Å². The number of methoxy groups -OCH3 is 1. The molecule has 1 atom stereocenters. The van der Waals surface area contributed by atoms with E-state index in [1.165, 1.54) is 0 Å². The molecule has 1 amide bonds. The number of hydrogen-bond acceptors (Lipinski definition) is 6. The second-order valence-corrected chi connectivity index (χ2v) is 10.6. The van der Waals surface area contributed by atoms with Gasteiger partial charge in [0.05, 0.1) is 36.0 Å². The van der Waals surface area contributed by atoms with Crippen LogP contribution in [0.3, 0.4) is 0 Å². The Bertz CT molecular complexity index is 1410. The molecule has 1 N–H and O–H groups in total. The lowest BCUT2D eigenvalue weighted by atomic mass is 10.1. The number of carbonyl (C=O) groups excluding carboxylic acids is 1. The van der Waals surface area contributed by atoms with Crippen molar-refractivity contribution in [2.45, 2.75) is 18.9 Å². The Balaban J connectivity index is 1.35. The summed E-state index contributed by atoms with van der Waals surface area (Å²) in [4.78, 5) is 17.4. The summed E-state index contributed by atoms with van der Waals surface area (Å²) in [5.74, 6) is 0.550. The Hall–Kier alpha value is -3.66. The molecule has 0 radical (unpaired) electrons. The molecule has 0 aliphatic carbocycles. The van der Waals surface area contributed by atoms with Crippen molar-refractivity contribution < 1.29 is 17.9 Å². The summed E-state index contributed by atoms with van der Waals surface area (Å²) >= 11 is 0. The largest absolute Gasteiger partial charge is 0.497 e. The normalized spacial score (nSPS) is 17.1. The first-order valence-corrected chi connectivity index (χ1v) is 12.9. The zero-order valence-corrected chi connectivity index (χ0v) is 19.5. The van der Waals surface area contributed by atoms with Crippen molar-refractivity contribution in [2.24, 2.45) is 0 Å². The first kappa shape index (κ1) is 22.1. The summed E-state index contributed by atoms with van der Waals surface area (Å²) in [7, 11) is -1.52. The lowest BCUT2D eigenvalue weighted by Gasteiger charge is -2.13. The van der Waals surface area contributed by atoms with Crippen LogP contribution in [0.1, 0.15) is 28.6 Å². The van der Waals surface area contributed by atoms with Crippen LogP contribution in [-0.2, 0) is 16.3 Å². The number of sulfone groups is 1. The minimum atomic E-state index is -3.11. The van der Waals surface area contributed by atoms with Gasteiger partial charge in [-0.05, 0) is 48.9 Å². The first-order chi connectivity index (χ1) is 16.4. The SMILES string of the molecule is COc1ccc(-c2cc(C(=O)NCCc3cn4ccccc4n3)nn2[C@H]2CCS(=O)(=O)C2)cc1. The Labute approximate surface area is 197 Å². The molecule has 0 bridgehead atoms. The number of rotatable bonds is 7. The van der Waals surface area contributed by atoms with E-state index in [-0.39, 0.29) is 29.1 Å². The van der Waals surface area contributed by atoms with E-state index in [9.17, 15) is 13.2 Å². The van der Waals surface area contributed by atoms with Gasteiger partial charge in [-0.2, -0.15) is 5.10 Å². The van der Waals surface area contributed by atoms with E-state index in [4.69, 9.17) is 4.74 Å². The Kier molecular flexibility index (Phi) is 5.82. The van der Waals surface area contributed by atoms with E-state index in [1.807, 2.05) is 59.3 Å². The molecular weight excluding hydrogens is 454 g/mol. The van der Waals surface area contributed by atoms with E-state index in [2.05, 4.69) is 15.4 Å². The van der Waals surface area contributed by atoms with Crippen molar-refractivity contribution in [2.75, 3.05) is 25.2 Å². The van der Waals surface area contributed by atoms with Crippen molar-refractivity contribution in [3.63, 3.8) is 0 Å². The van der Waals surface area contributed by atoms with Crippen LogP contribution in [0.2, 0.25) is 0 Å². The predicted octanol–water partition coefficient (Wildman–Crippen LogP) is 2.54. The maximum absolute atomic E-state index is 12.9. The molecule has 9 nitrogen and oxygen atoms in total. The second kappa shape index (κ2) is 8.94. The average molecular weight is 480 g/mol. The molecule has 3 aromatic heterocycles. The fraction of sp³-hybridized carbons (Fsp3) is 0.292. The van der Waals surface area contributed by atoms with Gasteiger partial charge < -0.3 is 14.5 Å².